The first kappa shape index (κ1) is 15.7. The van der Waals surface area contributed by atoms with Crippen molar-refractivity contribution < 1.29 is 23.0 Å². The Bertz CT molecular complexity index is 696. The Morgan fingerprint density at radius 1 is 1.36 bits per heavy atom. The highest BCUT2D eigenvalue weighted by molar-refractivity contribution is 6.07. The molecular formula is C15H14F2N2O3. The zero-order chi connectivity index (χ0) is 16.1. The van der Waals surface area contributed by atoms with Crippen LogP contribution in [0.2, 0.25) is 0 Å². The van der Waals surface area contributed by atoms with Crippen molar-refractivity contribution in [2.45, 2.75) is 6.61 Å². The van der Waals surface area contributed by atoms with Gasteiger partial charge in [0.1, 0.15) is 0 Å². The molecule has 0 bridgehead atoms. The van der Waals surface area contributed by atoms with Crippen LogP contribution in [0.15, 0.2) is 36.7 Å². The highest BCUT2D eigenvalue weighted by Crippen LogP contribution is 2.29. The number of halogens is 2. The highest BCUT2D eigenvalue weighted by atomic mass is 19.3. The molecule has 0 radical (unpaired) electrons. The second-order valence-electron chi connectivity index (χ2n) is 4.39. The van der Waals surface area contributed by atoms with Gasteiger partial charge in [0.25, 0.3) is 0 Å². The van der Waals surface area contributed by atoms with Gasteiger partial charge in [0.15, 0.2) is 17.3 Å². The molecule has 0 saturated carbocycles. The van der Waals surface area contributed by atoms with E-state index in [-0.39, 0.29) is 17.3 Å². The van der Waals surface area contributed by atoms with Crippen LogP contribution in [-0.4, -0.2) is 29.3 Å². The third-order valence-electron chi connectivity index (χ3n) is 2.82. The van der Waals surface area contributed by atoms with Crippen molar-refractivity contribution in [3.63, 3.8) is 0 Å². The smallest absolute Gasteiger partial charge is 0.387 e. The minimum Gasteiger partial charge on any atom is -0.493 e. The molecule has 1 aromatic heterocycles. The van der Waals surface area contributed by atoms with Crippen LogP contribution in [-0.2, 0) is 7.05 Å². The lowest BCUT2D eigenvalue weighted by molar-refractivity contribution is -0.0512. The van der Waals surface area contributed by atoms with Gasteiger partial charge in [-0.05, 0) is 30.4 Å². The quantitative estimate of drug-likeness (QED) is 0.608. The predicted octanol–water partition coefficient (Wildman–Crippen LogP) is 2.93. The van der Waals surface area contributed by atoms with Crippen LogP contribution in [0.3, 0.4) is 0 Å². The fourth-order valence-corrected chi connectivity index (χ4v) is 1.81. The lowest BCUT2D eigenvalue weighted by Gasteiger charge is -2.10. The van der Waals surface area contributed by atoms with Crippen LogP contribution in [0.4, 0.5) is 8.78 Å². The molecule has 0 saturated heterocycles. The number of aryl methyl sites for hydroxylation is 1. The largest absolute Gasteiger partial charge is 0.493 e. The van der Waals surface area contributed by atoms with Gasteiger partial charge in [0, 0.05) is 24.4 Å². The normalized spacial score (nSPS) is 11.1. The van der Waals surface area contributed by atoms with E-state index in [1.165, 1.54) is 31.4 Å². The fourth-order valence-electron chi connectivity index (χ4n) is 1.81. The van der Waals surface area contributed by atoms with Crippen LogP contribution >= 0.6 is 0 Å². The van der Waals surface area contributed by atoms with Crippen molar-refractivity contribution >= 4 is 11.9 Å². The maximum Gasteiger partial charge on any atom is 0.387 e. The zero-order valence-electron chi connectivity index (χ0n) is 12.0. The summed E-state index contributed by atoms with van der Waals surface area (Å²) >= 11 is 0. The average Bonchev–Trinajstić information content (AvgIpc) is 2.90. The highest BCUT2D eigenvalue weighted by Gasteiger charge is 2.13. The Kier molecular flexibility index (Phi) is 4.88. The Hall–Kier alpha value is -2.70. The molecule has 22 heavy (non-hydrogen) atoms. The Labute approximate surface area is 125 Å². The molecule has 0 fully saturated rings. The van der Waals surface area contributed by atoms with Crippen LogP contribution in [0.25, 0.3) is 6.08 Å². The van der Waals surface area contributed by atoms with E-state index in [0.717, 1.165) is 5.56 Å². The first-order valence-corrected chi connectivity index (χ1v) is 6.33. The van der Waals surface area contributed by atoms with Crippen LogP contribution in [0, 0.1) is 0 Å². The number of hydrogen-bond acceptors (Lipinski definition) is 4. The fraction of sp³-hybridized carbons (Fsp3) is 0.200. The van der Waals surface area contributed by atoms with Gasteiger partial charge in [-0.3, -0.25) is 9.48 Å². The van der Waals surface area contributed by atoms with Gasteiger partial charge in [-0.1, -0.05) is 0 Å². The molecule has 0 N–H and O–H groups in total. The Morgan fingerprint density at radius 3 is 2.73 bits per heavy atom. The Morgan fingerprint density at radius 2 is 2.14 bits per heavy atom. The van der Waals surface area contributed by atoms with Crippen LogP contribution < -0.4 is 9.47 Å². The van der Waals surface area contributed by atoms with Gasteiger partial charge in [-0.25, -0.2) is 0 Å². The molecule has 0 aliphatic rings. The second kappa shape index (κ2) is 6.84. The summed E-state index contributed by atoms with van der Waals surface area (Å²) in [5, 5.41) is 3.98. The number of benzene rings is 1. The van der Waals surface area contributed by atoms with Crippen molar-refractivity contribution in [3.8, 4) is 11.5 Å². The van der Waals surface area contributed by atoms with Gasteiger partial charge in [0.05, 0.1) is 13.3 Å². The lowest BCUT2D eigenvalue weighted by atomic mass is 10.1. The minimum atomic E-state index is -2.96. The molecular weight excluding hydrogens is 294 g/mol. The molecule has 0 atom stereocenters. The van der Waals surface area contributed by atoms with Gasteiger partial charge in [0.2, 0.25) is 0 Å². The summed E-state index contributed by atoms with van der Waals surface area (Å²) in [6.07, 6.45) is 6.36. The third-order valence-corrected chi connectivity index (χ3v) is 2.82. The van der Waals surface area contributed by atoms with E-state index < -0.39 is 6.61 Å². The second-order valence-corrected chi connectivity index (χ2v) is 4.39. The summed E-state index contributed by atoms with van der Waals surface area (Å²) in [7, 11) is 3.08. The number of ketones is 1. The Balaban J connectivity index is 2.17. The summed E-state index contributed by atoms with van der Waals surface area (Å²) in [6, 6.07) is 4.03. The average molecular weight is 308 g/mol. The molecule has 0 unspecified atom stereocenters. The van der Waals surface area contributed by atoms with Gasteiger partial charge in [-0.15, -0.1) is 0 Å². The van der Waals surface area contributed by atoms with Gasteiger partial charge < -0.3 is 9.47 Å². The molecule has 7 heteroatoms. The van der Waals surface area contributed by atoms with E-state index in [1.54, 1.807) is 30.2 Å². The number of carbonyl (C=O) groups excluding carboxylic acids is 1. The predicted molar refractivity (Wildman–Crippen MR) is 76.2 cm³/mol. The number of alkyl halides is 2. The van der Waals surface area contributed by atoms with Crippen molar-refractivity contribution in [2.75, 3.05) is 7.11 Å². The monoisotopic (exact) mass is 308 g/mol. The number of carbonyl (C=O) groups is 1. The maximum atomic E-state index is 12.2. The number of ether oxygens (including phenoxy) is 2. The summed E-state index contributed by atoms with van der Waals surface area (Å²) in [4.78, 5) is 12.1. The molecule has 5 nitrogen and oxygen atoms in total. The molecule has 0 aliphatic heterocycles. The summed E-state index contributed by atoms with van der Waals surface area (Å²) in [5.41, 5.74) is 1.08. The van der Waals surface area contributed by atoms with Crippen LogP contribution in [0.5, 0.6) is 11.5 Å². The van der Waals surface area contributed by atoms with Crippen LogP contribution in [0.1, 0.15) is 15.9 Å². The number of aromatic nitrogens is 2. The van der Waals surface area contributed by atoms with E-state index in [4.69, 9.17) is 4.74 Å². The SMILES string of the molecule is COc1cc(C(=O)C=Cc2cnn(C)c2)ccc1OC(F)F. The van der Waals surface area contributed by atoms with E-state index in [2.05, 4.69) is 9.84 Å². The summed E-state index contributed by atoms with van der Waals surface area (Å²) < 4.78 is 35.4. The van der Waals surface area contributed by atoms with E-state index in [0.29, 0.717) is 5.56 Å². The van der Waals surface area contributed by atoms with Gasteiger partial charge >= 0.3 is 6.61 Å². The van der Waals surface area contributed by atoms with E-state index in [1.807, 2.05) is 0 Å². The summed E-state index contributed by atoms with van der Waals surface area (Å²) in [5.74, 6) is -0.336. The summed E-state index contributed by atoms with van der Waals surface area (Å²) in [6.45, 7) is -2.96. The number of nitrogens with zero attached hydrogens (tertiary/aromatic N) is 2. The molecule has 0 spiro atoms. The first-order chi connectivity index (χ1) is 10.5. The standard InChI is InChI=1S/C15H14F2N2O3/c1-19-9-10(8-18-19)3-5-12(20)11-4-6-13(22-15(16)17)14(7-11)21-2/h3-9,15H,1-2H3. The maximum absolute atomic E-state index is 12.2. The first-order valence-electron chi connectivity index (χ1n) is 6.33. The number of allylic oxidation sites excluding steroid dienone is 1. The van der Waals surface area contributed by atoms with Gasteiger partial charge in [-0.2, -0.15) is 13.9 Å². The minimum absolute atomic E-state index is 0.0703. The van der Waals surface area contributed by atoms with E-state index in [9.17, 15) is 13.6 Å². The lowest BCUT2D eigenvalue weighted by Crippen LogP contribution is -2.04. The molecule has 2 aromatic rings. The van der Waals surface area contributed by atoms with Crippen molar-refractivity contribution in [1.29, 1.82) is 0 Å². The molecule has 0 aliphatic carbocycles. The van der Waals surface area contributed by atoms with E-state index >= 15 is 0 Å². The molecule has 1 aromatic carbocycles. The third kappa shape index (κ3) is 3.91. The molecule has 2 rings (SSSR count). The van der Waals surface area contributed by atoms with Crippen molar-refractivity contribution in [2.24, 2.45) is 7.05 Å². The number of rotatable bonds is 6. The number of methoxy groups -OCH3 is 1. The molecule has 0 amide bonds. The zero-order valence-corrected chi connectivity index (χ0v) is 12.0. The number of hydrogen-bond donors (Lipinski definition) is 0. The van der Waals surface area contributed by atoms with Crippen molar-refractivity contribution in [1.82, 2.24) is 9.78 Å². The van der Waals surface area contributed by atoms with Crippen molar-refractivity contribution in [3.05, 3.63) is 47.8 Å². The molecule has 116 valence electrons. The topological polar surface area (TPSA) is 53.3 Å². The molecule has 1 heterocycles.